The quantitative estimate of drug-likeness (QED) is 0.910. The Labute approximate surface area is 135 Å². The second-order valence-corrected chi connectivity index (χ2v) is 7.68. The number of aromatic nitrogens is 2. The molecule has 2 aromatic rings. The molecule has 6 nitrogen and oxygen atoms in total. The van der Waals surface area contributed by atoms with Crippen LogP contribution in [0, 0.1) is 5.92 Å². The molecule has 0 spiro atoms. The van der Waals surface area contributed by atoms with E-state index in [9.17, 15) is 13.2 Å². The van der Waals surface area contributed by atoms with Crippen LogP contribution in [0.3, 0.4) is 0 Å². The number of nitrogens with zero attached hydrogens (tertiary/aromatic N) is 2. The summed E-state index contributed by atoms with van der Waals surface area (Å²) in [6.45, 7) is 2.82. The van der Waals surface area contributed by atoms with Crippen molar-refractivity contribution in [1.29, 1.82) is 0 Å². The Morgan fingerprint density at radius 1 is 1.39 bits per heavy atom. The maximum Gasteiger partial charge on any atom is 0.227 e. The van der Waals surface area contributed by atoms with Crippen LogP contribution in [-0.4, -0.2) is 29.6 Å². The molecule has 1 N–H and O–H groups in total. The minimum atomic E-state index is -3.13. The average Bonchev–Trinajstić information content (AvgIpc) is 3.00. The Morgan fingerprint density at radius 2 is 2.17 bits per heavy atom. The fourth-order valence-electron chi connectivity index (χ4n) is 2.80. The van der Waals surface area contributed by atoms with Crippen LogP contribution in [0.4, 0.5) is 5.95 Å². The van der Waals surface area contributed by atoms with Crippen molar-refractivity contribution in [3.63, 3.8) is 0 Å². The summed E-state index contributed by atoms with van der Waals surface area (Å²) < 4.78 is 24.8. The molecule has 1 aromatic carbocycles. The van der Waals surface area contributed by atoms with Gasteiger partial charge in [-0.3, -0.25) is 10.1 Å². The first kappa shape index (κ1) is 15.7. The lowest BCUT2D eigenvalue weighted by Gasteiger charge is -2.10. The highest BCUT2D eigenvalue weighted by Crippen LogP contribution is 2.22. The Kier molecular flexibility index (Phi) is 4.21. The van der Waals surface area contributed by atoms with Crippen LogP contribution < -0.4 is 5.32 Å². The standard InChI is InChI=1S/C16H19N3O3S/c1-2-8-19-14-6-4-3-5-13(14)17-16(19)18-15(20)10-12-7-9-23(21,22)11-12/h3-7,9,12H,2,8,10-11H2,1H3,(H,17,18,20). The lowest BCUT2D eigenvalue weighted by atomic mass is 10.1. The van der Waals surface area contributed by atoms with Crippen LogP contribution in [-0.2, 0) is 21.2 Å². The fraction of sp³-hybridized carbons (Fsp3) is 0.375. The first-order valence-corrected chi connectivity index (χ1v) is 9.36. The molecule has 1 aliphatic heterocycles. The molecule has 1 unspecified atom stereocenters. The van der Waals surface area contributed by atoms with Gasteiger partial charge in [-0.05, 0) is 18.6 Å². The molecular formula is C16H19N3O3S. The number of hydrogen-bond acceptors (Lipinski definition) is 4. The summed E-state index contributed by atoms with van der Waals surface area (Å²) in [7, 11) is -3.13. The first-order valence-electron chi connectivity index (χ1n) is 7.64. The summed E-state index contributed by atoms with van der Waals surface area (Å²) in [5.74, 6) is 0.0440. The van der Waals surface area contributed by atoms with E-state index < -0.39 is 9.84 Å². The molecule has 0 bridgehead atoms. The third-order valence-electron chi connectivity index (χ3n) is 3.81. The molecule has 1 atom stereocenters. The predicted molar refractivity (Wildman–Crippen MR) is 89.7 cm³/mol. The molecule has 2 heterocycles. The number of carbonyl (C=O) groups excluding carboxylic acids is 1. The number of para-hydroxylation sites is 2. The SMILES string of the molecule is CCCn1c(NC(=O)CC2C=CS(=O)(=O)C2)nc2ccccc21. The Hall–Kier alpha value is -2.15. The summed E-state index contributed by atoms with van der Waals surface area (Å²) in [6, 6.07) is 7.73. The maximum absolute atomic E-state index is 12.2. The van der Waals surface area contributed by atoms with E-state index in [-0.39, 0.29) is 24.0 Å². The molecule has 0 aliphatic carbocycles. The van der Waals surface area contributed by atoms with Gasteiger partial charge in [0.15, 0.2) is 9.84 Å². The molecule has 1 amide bonds. The van der Waals surface area contributed by atoms with E-state index in [1.165, 1.54) is 5.41 Å². The van der Waals surface area contributed by atoms with Gasteiger partial charge in [0.1, 0.15) is 0 Å². The molecule has 3 rings (SSSR count). The molecule has 122 valence electrons. The molecule has 0 saturated carbocycles. The van der Waals surface area contributed by atoms with E-state index in [1.54, 1.807) is 6.08 Å². The van der Waals surface area contributed by atoms with Gasteiger partial charge in [-0.15, -0.1) is 0 Å². The van der Waals surface area contributed by atoms with Gasteiger partial charge in [-0.25, -0.2) is 13.4 Å². The predicted octanol–water partition coefficient (Wildman–Crippen LogP) is 2.33. The number of imidazole rings is 1. The number of hydrogen-bond donors (Lipinski definition) is 1. The number of aryl methyl sites for hydroxylation is 1. The van der Waals surface area contributed by atoms with Gasteiger partial charge < -0.3 is 4.57 Å². The molecule has 0 saturated heterocycles. The summed E-state index contributed by atoms with van der Waals surface area (Å²) in [5.41, 5.74) is 1.81. The van der Waals surface area contributed by atoms with Crippen LogP contribution in [0.15, 0.2) is 35.7 Å². The van der Waals surface area contributed by atoms with Crippen molar-refractivity contribution in [3.05, 3.63) is 35.7 Å². The number of rotatable bonds is 5. The van der Waals surface area contributed by atoms with Gasteiger partial charge in [0.2, 0.25) is 11.9 Å². The molecular weight excluding hydrogens is 314 g/mol. The van der Waals surface area contributed by atoms with Gasteiger partial charge in [-0.1, -0.05) is 25.1 Å². The summed E-state index contributed by atoms with van der Waals surface area (Å²) in [6.07, 6.45) is 2.65. The van der Waals surface area contributed by atoms with Gasteiger partial charge in [-0.2, -0.15) is 0 Å². The maximum atomic E-state index is 12.2. The van der Waals surface area contributed by atoms with Crippen molar-refractivity contribution in [3.8, 4) is 0 Å². The van der Waals surface area contributed by atoms with Crippen LogP contribution in [0.25, 0.3) is 11.0 Å². The van der Waals surface area contributed by atoms with Crippen molar-refractivity contribution in [2.45, 2.75) is 26.3 Å². The first-order chi connectivity index (χ1) is 11.0. The zero-order chi connectivity index (χ0) is 16.4. The topological polar surface area (TPSA) is 81.1 Å². The molecule has 1 aliphatic rings. The van der Waals surface area contributed by atoms with E-state index in [0.717, 1.165) is 24.0 Å². The zero-order valence-electron chi connectivity index (χ0n) is 12.9. The van der Waals surface area contributed by atoms with E-state index >= 15 is 0 Å². The van der Waals surface area contributed by atoms with Gasteiger partial charge in [0.05, 0.1) is 16.8 Å². The Balaban J connectivity index is 1.77. The lowest BCUT2D eigenvalue weighted by Crippen LogP contribution is -2.20. The highest BCUT2D eigenvalue weighted by molar-refractivity contribution is 7.94. The number of anilines is 1. The number of benzene rings is 1. The van der Waals surface area contributed by atoms with E-state index in [0.29, 0.717) is 5.95 Å². The zero-order valence-corrected chi connectivity index (χ0v) is 13.7. The lowest BCUT2D eigenvalue weighted by molar-refractivity contribution is -0.116. The largest absolute Gasteiger partial charge is 0.310 e. The second kappa shape index (κ2) is 6.16. The highest BCUT2D eigenvalue weighted by atomic mass is 32.2. The third kappa shape index (κ3) is 3.44. The van der Waals surface area contributed by atoms with Crippen LogP contribution >= 0.6 is 0 Å². The summed E-state index contributed by atoms with van der Waals surface area (Å²) in [5, 5.41) is 4.01. The number of carbonyl (C=O) groups is 1. The molecule has 23 heavy (non-hydrogen) atoms. The van der Waals surface area contributed by atoms with Gasteiger partial charge in [0.25, 0.3) is 0 Å². The van der Waals surface area contributed by atoms with Crippen molar-refractivity contribution in [2.24, 2.45) is 5.92 Å². The third-order valence-corrected chi connectivity index (χ3v) is 5.27. The number of amides is 1. The smallest absolute Gasteiger partial charge is 0.227 e. The molecule has 0 radical (unpaired) electrons. The molecule has 7 heteroatoms. The monoisotopic (exact) mass is 333 g/mol. The molecule has 0 fully saturated rings. The summed E-state index contributed by atoms with van der Waals surface area (Å²) in [4.78, 5) is 16.7. The van der Waals surface area contributed by atoms with Crippen molar-refractivity contribution in [1.82, 2.24) is 9.55 Å². The second-order valence-electron chi connectivity index (χ2n) is 5.75. The van der Waals surface area contributed by atoms with Crippen LogP contribution in [0.2, 0.25) is 0 Å². The normalized spacial score (nSPS) is 19.3. The number of sulfone groups is 1. The summed E-state index contributed by atoms with van der Waals surface area (Å²) >= 11 is 0. The molecule has 1 aromatic heterocycles. The minimum Gasteiger partial charge on any atom is -0.310 e. The van der Waals surface area contributed by atoms with E-state index in [4.69, 9.17) is 0 Å². The fourth-order valence-corrected chi connectivity index (χ4v) is 4.20. The Bertz CT molecular complexity index is 868. The van der Waals surface area contributed by atoms with Crippen LogP contribution in [0.1, 0.15) is 19.8 Å². The Morgan fingerprint density at radius 3 is 2.87 bits per heavy atom. The van der Waals surface area contributed by atoms with Crippen molar-refractivity contribution in [2.75, 3.05) is 11.1 Å². The van der Waals surface area contributed by atoms with Gasteiger partial charge >= 0.3 is 0 Å². The van der Waals surface area contributed by atoms with E-state index in [1.807, 2.05) is 28.8 Å². The van der Waals surface area contributed by atoms with E-state index in [2.05, 4.69) is 17.2 Å². The highest BCUT2D eigenvalue weighted by Gasteiger charge is 2.24. The van der Waals surface area contributed by atoms with Crippen molar-refractivity contribution < 1.29 is 13.2 Å². The minimum absolute atomic E-state index is 0.00575. The number of allylic oxidation sites excluding steroid dienone is 1. The average molecular weight is 333 g/mol. The van der Waals surface area contributed by atoms with Crippen molar-refractivity contribution >= 4 is 32.7 Å². The van der Waals surface area contributed by atoms with Crippen LogP contribution in [0.5, 0.6) is 0 Å². The number of nitrogens with one attached hydrogen (secondary N) is 1. The number of fused-ring (bicyclic) bond motifs is 1. The van der Waals surface area contributed by atoms with Gasteiger partial charge in [0, 0.05) is 24.3 Å².